The van der Waals surface area contributed by atoms with Gasteiger partial charge in [-0.15, -0.1) is 0 Å². The zero-order valence-electron chi connectivity index (χ0n) is 19.3. The van der Waals surface area contributed by atoms with Crippen molar-refractivity contribution in [3.05, 3.63) is 69.5 Å². The topological polar surface area (TPSA) is 130 Å². The molecule has 0 aliphatic rings. The molecule has 0 aliphatic carbocycles. The fourth-order valence-corrected chi connectivity index (χ4v) is 4.35. The summed E-state index contributed by atoms with van der Waals surface area (Å²) in [6.45, 7) is 2.51. The van der Waals surface area contributed by atoms with E-state index in [9.17, 15) is 32.5 Å². The van der Waals surface area contributed by atoms with Crippen LogP contribution in [0.3, 0.4) is 0 Å². The molecule has 12 heteroatoms. The fourth-order valence-electron chi connectivity index (χ4n) is 3.45. The van der Waals surface area contributed by atoms with E-state index in [1.807, 2.05) is 0 Å². The Balaban J connectivity index is 2.51. The second-order valence-electron chi connectivity index (χ2n) is 7.68. The van der Waals surface area contributed by atoms with Crippen LogP contribution in [0.4, 0.5) is 15.8 Å². The maximum atomic E-state index is 13.4. The van der Waals surface area contributed by atoms with E-state index < -0.39 is 45.2 Å². The number of halogens is 1. The minimum Gasteiger partial charge on any atom is -0.357 e. The quantitative estimate of drug-likeness (QED) is 0.399. The number of benzene rings is 2. The van der Waals surface area contributed by atoms with Gasteiger partial charge in [-0.3, -0.25) is 24.0 Å². The summed E-state index contributed by atoms with van der Waals surface area (Å²) in [4.78, 5) is 37.7. The lowest BCUT2D eigenvalue weighted by atomic mass is 10.1. The van der Waals surface area contributed by atoms with Crippen LogP contribution in [0.15, 0.2) is 42.5 Å². The second kappa shape index (κ2) is 11.1. The van der Waals surface area contributed by atoms with Crippen LogP contribution in [0.5, 0.6) is 0 Å². The van der Waals surface area contributed by atoms with Crippen LogP contribution in [-0.4, -0.2) is 55.9 Å². The Bertz CT molecular complexity index is 1170. The van der Waals surface area contributed by atoms with Crippen LogP contribution in [0.1, 0.15) is 24.5 Å². The smallest absolute Gasteiger partial charge is 0.271 e. The minimum atomic E-state index is -4.04. The molecule has 0 saturated carbocycles. The molecular weight excluding hydrogens is 467 g/mol. The Morgan fingerprint density at radius 1 is 1.18 bits per heavy atom. The zero-order chi connectivity index (χ0) is 25.6. The number of sulfonamides is 1. The molecule has 0 radical (unpaired) electrons. The van der Waals surface area contributed by atoms with E-state index in [4.69, 9.17) is 0 Å². The van der Waals surface area contributed by atoms with Crippen LogP contribution in [-0.2, 0) is 26.2 Å². The minimum absolute atomic E-state index is 0.0141. The second-order valence-corrected chi connectivity index (χ2v) is 9.59. The molecule has 0 bridgehead atoms. The van der Waals surface area contributed by atoms with E-state index >= 15 is 0 Å². The predicted molar refractivity (Wildman–Crippen MR) is 125 cm³/mol. The van der Waals surface area contributed by atoms with Crippen LogP contribution < -0.4 is 9.62 Å². The van der Waals surface area contributed by atoms with Gasteiger partial charge in [0.25, 0.3) is 5.69 Å². The summed E-state index contributed by atoms with van der Waals surface area (Å²) in [6, 6.07) is 8.16. The number of rotatable bonds is 10. The van der Waals surface area contributed by atoms with E-state index in [-0.39, 0.29) is 24.3 Å². The molecule has 2 aromatic carbocycles. The molecule has 1 N–H and O–H groups in total. The van der Waals surface area contributed by atoms with Crippen molar-refractivity contribution in [3.8, 4) is 0 Å². The van der Waals surface area contributed by atoms with Crippen molar-refractivity contribution >= 4 is 33.2 Å². The molecule has 0 unspecified atom stereocenters. The standard InChI is InChI=1S/C22H27FN4O6S/c1-5-19(22(29)24-3)25(13-16-7-9-17(23)10-8-16)21(28)14-26(34(4,32)33)20-12-18(27(30)31)11-6-15(20)2/h6-12,19H,5,13-14H2,1-4H3,(H,24,29)/t19-/m0/s1. The third-order valence-electron chi connectivity index (χ3n) is 5.25. The van der Waals surface area contributed by atoms with Crippen LogP contribution in [0.25, 0.3) is 0 Å². The van der Waals surface area contributed by atoms with Crippen molar-refractivity contribution in [1.29, 1.82) is 0 Å². The van der Waals surface area contributed by atoms with E-state index in [0.29, 0.717) is 11.1 Å². The summed E-state index contributed by atoms with van der Waals surface area (Å²) < 4.78 is 39.4. The maximum Gasteiger partial charge on any atom is 0.271 e. The first-order valence-electron chi connectivity index (χ1n) is 10.4. The molecule has 0 fully saturated rings. The lowest BCUT2D eigenvalue weighted by Gasteiger charge is -2.32. The monoisotopic (exact) mass is 494 g/mol. The molecule has 2 amide bonds. The molecule has 1 atom stereocenters. The Kier molecular flexibility index (Phi) is 8.68. The average molecular weight is 495 g/mol. The van der Waals surface area contributed by atoms with Crippen LogP contribution >= 0.6 is 0 Å². The van der Waals surface area contributed by atoms with Gasteiger partial charge in [0.2, 0.25) is 21.8 Å². The van der Waals surface area contributed by atoms with Gasteiger partial charge < -0.3 is 10.2 Å². The van der Waals surface area contributed by atoms with Gasteiger partial charge in [-0.1, -0.05) is 25.1 Å². The average Bonchev–Trinajstić information content (AvgIpc) is 2.77. The first kappa shape index (κ1) is 26.7. The fraction of sp³-hybridized carbons (Fsp3) is 0.364. The highest BCUT2D eigenvalue weighted by Gasteiger charge is 2.32. The van der Waals surface area contributed by atoms with Crippen molar-refractivity contribution in [2.75, 3.05) is 24.2 Å². The summed E-state index contributed by atoms with van der Waals surface area (Å²) in [7, 11) is -2.62. The lowest BCUT2D eigenvalue weighted by molar-refractivity contribution is -0.384. The number of hydrogen-bond donors (Lipinski definition) is 1. The summed E-state index contributed by atoms with van der Waals surface area (Å²) in [5.74, 6) is -1.61. The van der Waals surface area contributed by atoms with E-state index in [2.05, 4.69) is 5.32 Å². The summed E-state index contributed by atoms with van der Waals surface area (Å²) in [5.41, 5.74) is 0.600. The molecule has 0 aliphatic heterocycles. The molecular formula is C22H27FN4O6S. The Hall–Kier alpha value is -3.54. The number of nitro benzene ring substituents is 1. The van der Waals surface area contributed by atoms with Gasteiger partial charge in [0.05, 0.1) is 16.9 Å². The zero-order valence-corrected chi connectivity index (χ0v) is 20.1. The molecule has 0 aromatic heterocycles. The first-order valence-corrected chi connectivity index (χ1v) is 12.2. The summed E-state index contributed by atoms with van der Waals surface area (Å²) in [5, 5.41) is 13.7. The molecule has 10 nitrogen and oxygen atoms in total. The van der Waals surface area contributed by atoms with Crippen LogP contribution in [0, 0.1) is 22.9 Å². The SMILES string of the molecule is CC[C@@H](C(=O)NC)N(Cc1ccc(F)cc1)C(=O)CN(c1cc([N+](=O)[O-])ccc1C)S(C)(=O)=O. The molecule has 2 aromatic rings. The number of nitrogens with one attached hydrogen (secondary N) is 1. The number of amides is 2. The van der Waals surface area contributed by atoms with Crippen molar-refractivity contribution in [3.63, 3.8) is 0 Å². The molecule has 0 spiro atoms. The molecule has 0 saturated heterocycles. The van der Waals surface area contributed by atoms with E-state index in [0.717, 1.165) is 16.6 Å². The molecule has 34 heavy (non-hydrogen) atoms. The van der Waals surface area contributed by atoms with Crippen molar-refractivity contribution in [2.45, 2.75) is 32.9 Å². The number of aryl methyl sites for hydroxylation is 1. The van der Waals surface area contributed by atoms with Gasteiger partial charge in [-0.25, -0.2) is 12.8 Å². The highest BCUT2D eigenvalue weighted by Crippen LogP contribution is 2.28. The van der Waals surface area contributed by atoms with E-state index in [1.165, 1.54) is 48.3 Å². The first-order chi connectivity index (χ1) is 15.9. The van der Waals surface area contributed by atoms with Gasteiger partial charge in [0.15, 0.2) is 0 Å². The van der Waals surface area contributed by atoms with Gasteiger partial charge in [0, 0.05) is 25.7 Å². The Labute approximate surface area is 197 Å². The normalized spacial score (nSPS) is 12.0. The van der Waals surface area contributed by atoms with Crippen molar-refractivity contribution in [1.82, 2.24) is 10.2 Å². The molecule has 0 heterocycles. The van der Waals surface area contributed by atoms with Gasteiger partial charge >= 0.3 is 0 Å². The molecule has 184 valence electrons. The third-order valence-corrected chi connectivity index (χ3v) is 6.38. The number of carbonyl (C=O) groups is 2. The summed E-state index contributed by atoms with van der Waals surface area (Å²) >= 11 is 0. The maximum absolute atomic E-state index is 13.4. The number of hydrogen-bond acceptors (Lipinski definition) is 6. The number of non-ortho nitro benzene ring substituents is 1. The Morgan fingerprint density at radius 3 is 2.29 bits per heavy atom. The number of nitro groups is 1. The number of nitrogens with zero attached hydrogens (tertiary/aromatic N) is 3. The number of likely N-dealkylation sites (N-methyl/N-ethyl adjacent to an activating group) is 1. The Morgan fingerprint density at radius 2 is 1.79 bits per heavy atom. The largest absolute Gasteiger partial charge is 0.357 e. The molecule has 2 rings (SSSR count). The van der Waals surface area contributed by atoms with Crippen LogP contribution in [0.2, 0.25) is 0 Å². The third kappa shape index (κ3) is 6.50. The van der Waals surface area contributed by atoms with Gasteiger partial charge in [-0.2, -0.15) is 0 Å². The van der Waals surface area contributed by atoms with Gasteiger partial charge in [-0.05, 0) is 36.6 Å². The summed E-state index contributed by atoms with van der Waals surface area (Å²) in [6.07, 6.45) is 1.13. The lowest BCUT2D eigenvalue weighted by Crippen LogP contribution is -2.51. The highest BCUT2D eigenvalue weighted by molar-refractivity contribution is 7.92. The van der Waals surface area contributed by atoms with Crippen molar-refractivity contribution < 1.29 is 27.3 Å². The highest BCUT2D eigenvalue weighted by atomic mass is 32.2. The number of carbonyl (C=O) groups excluding carboxylic acids is 2. The predicted octanol–water partition coefficient (Wildman–Crippen LogP) is 2.36. The van der Waals surface area contributed by atoms with Crippen molar-refractivity contribution in [2.24, 2.45) is 0 Å². The van der Waals surface area contributed by atoms with E-state index in [1.54, 1.807) is 13.8 Å². The van der Waals surface area contributed by atoms with Gasteiger partial charge in [0.1, 0.15) is 18.4 Å². The number of anilines is 1.